The average molecular weight is 502 g/mol. The van der Waals surface area contributed by atoms with Gasteiger partial charge in [0.05, 0.1) is 18.0 Å². The van der Waals surface area contributed by atoms with Crippen LogP contribution in [0.25, 0.3) is 0 Å². The highest BCUT2D eigenvalue weighted by molar-refractivity contribution is 14.0. The van der Waals surface area contributed by atoms with Gasteiger partial charge in [0.25, 0.3) is 0 Å². The van der Waals surface area contributed by atoms with Crippen molar-refractivity contribution in [3.63, 3.8) is 0 Å². The lowest BCUT2D eigenvalue weighted by Gasteiger charge is -2.34. The van der Waals surface area contributed by atoms with Crippen LogP contribution in [-0.4, -0.2) is 69.4 Å². The fourth-order valence-electron chi connectivity index (χ4n) is 3.58. The SMILES string of the molecule is CN=C(NCCS(=O)(=O)N1CC(C)OC(C)C1)NC1CCC(C)CC1.I. The van der Waals surface area contributed by atoms with Gasteiger partial charge in [0, 0.05) is 32.7 Å². The maximum atomic E-state index is 12.5. The maximum Gasteiger partial charge on any atom is 0.216 e. The highest BCUT2D eigenvalue weighted by Crippen LogP contribution is 2.23. The zero-order valence-electron chi connectivity index (χ0n) is 16.4. The fraction of sp³-hybridized carbons (Fsp3) is 0.941. The molecule has 0 bridgehead atoms. The molecule has 1 saturated carbocycles. The molecule has 2 unspecified atom stereocenters. The van der Waals surface area contributed by atoms with Gasteiger partial charge in [0.15, 0.2) is 5.96 Å². The van der Waals surface area contributed by atoms with Crippen molar-refractivity contribution in [1.82, 2.24) is 14.9 Å². The fourth-order valence-corrected chi connectivity index (χ4v) is 5.07. The lowest BCUT2D eigenvalue weighted by molar-refractivity contribution is -0.0440. The first-order valence-electron chi connectivity index (χ1n) is 9.40. The maximum absolute atomic E-state index is 12.5. The molecule has 0 aromatic rings. The van der Waals surface area contributed by atoms with Gasteiger partial charge in [0.1, 0.15) is 0 Å². The van der Waals surface area contributed by atoms with Crippen LogP contribution in [0, 0.1) is 5.92 Å². The van der Waals surface area contributed by atoms with Gasteiger partial charge in [0.2, 0.25) is 10.0 Å². The Morgan fingerprint density at radius 3 is 2.23 bits per heavy atom. The minimum Gasteiger partial charge on any atom is -0.373 e. The molecule has 1 saturated heterocycles. The summed E-state index contributed by atoms with van der Waals surface area (Å²) in [5, 5.41) is 6.56. The van der Waals surface area contributed by atoms with E-state index in [0.717, 1.165) is 18.8 Å². The molecule has 2 N–H and O–H groups in total. The first kappa shape index (κ1) is 23.9. The second kappa shape index (κ2) is 11.0. The Morgan fingerprint density at radius 2 is 1.69 bits per heavy atom. The summed E-state index contributed by atoms with van der Waals surface area (Å²) in [7, 11) is -1.56. The molecule has 0 aromatic carbocycles. The van der Waals surface area contributed by atoms with Gasteiger partial charge in [-0.1, -0.05) is 6.92 Å². The summed E-state index contributed by atoms with van der Waals surface area (Å²) in [6, 6.07) is 0.431. The Hall–Kier alpha value is -0.130. The smallest absolute Gasteiger partial charge is 0.216 e. The number of ether oxygens (including phenoxy) is 1. The van der Waals surface area contributed by atoms with Crippen molar-refractivity contribution in [2.75, 3.05) is 32.4 Å². The number of hydrogen-bond acceptors (Lipinski definition) is 4. The quantitative estimate of drug-likeness (QED) is 0.340. The molecule has 2 rings (SSSR count). The van der Waals surface area contributed by atoms with E-state index in [1.54, 1.807) is 11.4 Å². The van der Waals surface area contributed by atoms with E-state index >= 15 is 0 Å². The monoisotopic (exact) mass is 502 g/mol. The molecule has 1 aliphatic heterocycles. The predicted molar refractivity (Wildman–Crippen MR) is 117 cm³/mol. The third-order valence-electron chi connectivity index (χ3n) is 5.01. The van der Waals surface area contributed by atoms with Gasteiger partial charge < -0.3 is 15.4 Å². The van der Waals surface area contributed by atoms with E-state index in [1.165, 1.54) is 12.8 Å². The minimum absolute atomic E-state index is 0. The van der Waals surface area contributed by atoms with Crippen LogP contribution in [0.4, 0.5) is 0 Å². The molecule has 2 aliphatic rings. The van der Waals surface area contributed by atoms with E-state index in [9.17, 15) is 8.42 Å². The molecule has 7 nitrogen and oxygen atoms in total. The highest BCUT2D eigenvalue weighted by Gasteiger charge is 2.30. The number of sulfonamides is 1. The molecule has 1 aliphatic carbocycles. The Labute approximate surface area is 175 Å². The van der Waals surface area contributed by atoms with E-state index in [0.29, 0.717) is 31.6 Å². The van der Waals surface area contributed by atoms with Crippen molar-refractivity contribution in [1.29, 1.82) is 0 Å². The van der Waals surface area contributed by atoms with Gasteiger partial charge in [-0.05, 0) is 45.4 Å². The first-order chi connectivity index (χ1) is 11.8. The van der Waals surface area contributed by atoms with E-state index < -0.39 is 10.0 Å². The number of guanidine groups is 1. The molecule has 154 valence electrons. The molecular formula is C17H35IN4O3S. The van der Waals surface area contributed by atoms with Gasteiger partial charge >= 0.3 is 0 Å². The van der Waals surface area contributed by atoms with E-state index in [1.807, 2.05) is 13.8 Å². The second-order valence-electron chi connectivity index (χ2n) is 7.49. The molecule has 9 heteroatoms. The number of rotatable bonds is 5. The largest absolute Gasteiger partial charge is 0.373 e. The summed E-state index contributed by atoms with van der Waals surface area (Å²) in [5.74, 6) is 1.56. The molecular weight excluding hydrogens is 467 g/mol. The standard InChI is InChI=1S/C17H34N4O3S.HI/c1-13-5-7-16(8-6-13)20-17(18-4)19-9-10-25(22,23)21-11-14(2)24-15(3)12-21;/h13-16H,5-12H2,1-4H3,(H2,18,19,20);1H. The van der Waals surface area contributed by atoms with Crippen molar-refractivity contribution in [3.8, 4) is 0 Å². The number of halogens is 1. The number of morpholine rings is 1. The summed E-state index contributed by atoms with van der Waals surface area (Å²) in [6.45, 7) is 7.33. The number of nitrogens with zero attached hydrogens (tertiary/aromatic N) is 2. The Balaban J connectivity index is 0.00000338. The van der Waals surface area contributed by atoms with Gasteiger partial charge in [-0.25, -0.2) is 8.42 Å². The normalized spacial score (nSPS) is 31.2. The number of hydrogen-bond donors (Lipinski definition) is 2. The third kappa shape index (κ3) is 7.47. The van der Waals surface area contributed by atoms with Gasteiger partial charge in [-0.15, -0.1) is 24.0 Å². The minimum atomic E-state index is -3.29. The van der Waals surface area contributed by atoms with Crippen molar-refractivity contribution in [2.24, 2.45) is 10.9 Å². The summed E-state index contributed by atoms with van der Waals surface area (Å²) >= 11 is 0. The van der Waals surface area contributed by atoms with Crippen LogP contribution >= 0.6 is 24.0 Å². The van der Waals surface area contributed by atoms with Crippen molar-refractivity contribution >= 4 is 40.0 Å². The van der Waals surface area contributed by atoms with Crippen LogP contribution in [0.2, 0.25) is 0 Å². The molecule has 0 amide bonds. The van der Waals surface area contributed by atoms with E-state index in [-0.39, 0.29) is 41.9 Å². The Kier molecular flexibility index (Phi) is 10.1. The Morgan fingerprint density at radius 1 is 1.12 bits per heavy atom. The lowest BCUT2D eigenvalue weighted by Crippen LogP contribution is -2.50. The van der Waals surface area contributed by atoms with Crippen molar-refractivity contribution < 1.29 is 13.2 Å². The zero-order valence-corrected chi connectivity index (χ0v) is 19.5. The molecule has 2 fully saturated rings. The molecule has 2 atom stereocenters. The second-order valence-corrected chi connectivity index (χ2v) is 9.58. The molecule has 0 spiro atoms. The summed E-state index contributed by atoms with van der Waals surface area (Å²) < 4.78 is 32.2. The van der Waals surface area contributed by atoms with Crippen LogP contribution in [-0.2, 0) is 14.8 Å². The number of aliphatic imine (C=N–C) groups is 1. The summed E-state index contributed by atoms with van der Waals surface area (Å²) in [6.07, 6.45) is 4.63. The number of nitrogens with one attached hydrogen (secondary N) is 2. The lowest BCUT2D eigenvalue weighted by atomic mass is 9.87. The highest BCUT2D eigenvalue weighted by atomic mass is 127. The van der Waals surface area contributed by atoms with Crippen LogP contribution < -0.4 is 10.6 Å². The van der Waals surface area contributed by atoms with Gasteiger partial charge in [-0.2, -0.15) is 4.31 Å². The molecule has 0 radical (unpaired) electrons. The molecule has 1 heterocycles. The van der Waals surface area contributed by atoms with E-state index in [4.69, 9.17) is 4.74 Å². The summed E-state index contributed by atoms with van der Waals surface area (Å²) in [4.78, 5) is 4.22. The third-order valence-corrected chi connectivity index (χ3v) is 6.82. The van der Waals surface area contributed by atoms with Crippen LogP contribution in [0.5, 0.6) is 0 Å². The van der Waals surface area contributed by atoms with Gasteiger partial charge in [-0.3, -0.25) is 4.99 Å². The Bertz CT molecular complexity index is 540. The molecule has 0 aromatic heterocycles. The van der Waals surface area contributed by atoms with Crippen LogP contribution in [0.3, 0.4) is 0 Å². The predicted octanol–water partition coefficient (Wildman–Crippen LogP) is 1.79. The average Bonchev–Trinajstić information content (AvgIpc) is 2.55. The van der Waals surface area contributed by atoms with Crippen molar-refractivity contribution in [2.45, 2.75) is 64.7 Å². The molecule has 26 heavy (non-hydrogen) atoms. The van der Waals surface area contributed by atoms with Crippen LogP contribution in [0.15, 0.2) is 4.99 Å². The zero-order chi connectivity index (χ0) is 18.4. The first-order valence-corrected chi connectivity index (χ1v) is 11.0. The van der Waals surface area contributed by atoms with Crippen molar-refractivity contribution in [3.05, 3.63) is 0 Å². The topological polar surface area (TPSA) is 83.0 Å². The summed E-state index contributed by atoms with van der Waals surface area (Å²) in [5.41, 5.74) is 0. The van der Waals surface area contributed by atoms with E-state index in [2.05, 4.69) is 22.5 Å². The van der Waals surface area contributed by atoms with Crippen LogP contribution in [0.1, 0.15) is 46.5 Å².